The number of amides is 1. The lowest BCUT2D eigenvalue weighted by atomic mass is 10.3. The first-order valence-electron chi connectivity index (χ1n) is 7.49. The van der Waals surface area contributed by atoms with Crippen molar-refractivity contribution in [1.82, 2.24) is 15.3 Å². The van der Waals surface area contributed by atoms with E-state index >= 15 is 0 Å². The molecule has 0 aromatic carbocycles. The lowest BCUT2D eigenvalue weighted by Gasteiger charge is -2.18. The van der Waals surface area contributed by atoms with E-state index in [9.17, 15) is 9.59 Å². The van der Waals surface area contributed by atoms with Crippen LogP contribution in [0.5, 0.6) is 5.88 Å². The fraction of sp³-hybridized carbons (Fsp3) is 0.312. The van der Waals surface area contributed by atoms with Gasteiger partial charge in [-0.05, 0) is 28.1 Å². The van der Waals surface area contributed by atoms with Crippen LogP contribution in [0.15, 0.2) is 39.7 Å². The highest BCUT2D eigenvalue weighted by atomic mass is 79.9. The van der Waals surface area contributed by atoms with Crippen molar-refractivity contribution in [3.8, 4) is 5.88 Å². The molecular formula is C16H19BrN4O3. The number of hydrogen-bond acceptors (Lipinski definition) is 5. The number of aromatic amines is 1. The third kappa shape index (κ3) is 4.82. The first kappa shape index (κ1) is 18.0. The molecule has 0 saturated heterocycles. The van der Waals surface area contributed by atoms with Gasteiger partial charge in [-0.15, -0.1) is 0 Å². The minimum absolute atomic E-state index is 0.0195. The second-order valence-corrected chi connectivity index (χ2v) is 5.89. The van der Waals surface area contributed by atoms with Crippen LogP contribution in [-0.2, 0) is 4.79 Å². The first-order chi connectivity index (χ1) is 11.5. The van der Waals surface area contributed by atoms with Crippen molar-refractivity contribution in [1.29, 1.82) is 0 Å². The molecule has 0 atom stereocenters. The van der Waals surface area contributed by atoms with Crippen LogP contribution in [0, 0.1) is 0 Å². The van der Waals surface area contributed by atoms with Crippen LogP contribution in [0.3, 0.4) is 0 Å². The predicted molar refractivity (Wildman–Crippen MR) is 95.9 cm³/mol. The molecule has 2 aromatic heterocycles. The number of H-pyrrole nitrogens is 1. The van der Waals surface area contributed by atoms with Gasteiger partial charge in [-0.25, -0.2) is 0 Å². The summed E-state index contributed by atoms with van der Waals surface area (Å²) in [7, 11) is 1.75. The maximum absolute atomic E-state index is 12.0. The molecule has 7 nitrogen and oxygen atoms in total. The van der Waals surface area contributed by atoms with Gasteiger partial charge in [0.15, 0.2) is 0 Å². The quantitative estimate of drug-likeness (QED) is 0.702. The summed E-state index contributed by atoms with van der Waals surface area (Å²) in [5.41, 5.74) is 0.250. The zero-order valence-corrected chi connectivity index (χ0v) is 15.1. The molecular weight excluding hydrogens is 376 g/mol. The average Bonchev–Trinajstić information content (AvgIpc) is 2.60. The zero-order valence-electron chi connectivity index (χ0n) is 13.5. The van der Waals surface area contributed by atoms with Gasteiger partial charge in [-0.2, -0.15) is 4.98 Å². The smallest absolute Gasteiger partial charge is 0.271 e. The highest BCUT2D eigenvalue weighted by Gasteiger charge is 2.11. The number of nitrogens with zero attached hydrogens (tertiary/aromatic N) is 2. The monoisotopic (exact) mass is 394 g/mol. The topological polar surface area (TPSA) is 87.3 Å². The number of hydrogen-bond donors (Lipinski definition) is 2. The van der Waals surface area contributed by atoms with Crippen molar-refractivity contribution >= 4 is 33.3 Å². The largest absolute Gasteiger partial charge is 0.476 e. The maximum Gasteiger partial charge on any atom is 0.271 e. The van der Waals surface area contributed by atoms with E-state index in [1.165, 1.54) is 0 Å². The van der Waals surface area contributed by atoms with Gasteiger partial charge in [0, 0.05) is 30.2 Å². The molecule has 2 aromatic rings. The van der Waals surface area contributed by atoms with E-state index in [0.717, 1.165) is 4.47 Å². The molecule has 0 unspecified atom stereocenters. The fourth-order valence-electron chi connectivity index (χ4n) is 1.96. The van der Waals surface area contributed by atoms with E-state index in [2.05, 4.69) is 31.2 Å². The third-order valence-electron chi connectivity index (χ3n) is 3.26. The molecule has 0 aliphatic carbocycles. The Kier molecular flexibility index (Phi) is 6.36. The lowest BCUT2D eigenvalue weighted by Crippen LogP contribution is -2.27. The molecule has 0 spiro atoms. The fourth-order valence-corrected chi connectivity index (χ4v) is 2.29. The van der Waals surface area contributed by atoms with Crippen LogP contribution in [0.25, 0.3) is 0 Å². The number of ether oxygens (including phenoxy) is 1. The van der Waals surface area contributed by atoms with Crippen molar-refractivity contribution in [2.75, 3.05) is 25.1 Å². The summed E-state index contributed by atoms with van der Waals surface area (Å²) in [6, 6.07) is 7.02. The summed E-state index contributed by atoms with van der Waals surface area (Å²) in [6.07, 6.45) is 2.02. The molecule has 24 heavy (non-hydrogen) atoms. The van der Waals surface area contributed by atoms with Gasteiger partial charge >= 0.3 is 0 Å². The molecule has 2 heterocycles. The minimum Gasteiger partial charge on any atom is -0.476 e. The molecule has 0 bridgehead atoms. The summed E-state index contributed by atoms with van der Waals surface area (Å²) in [5, 5.41) is 2.73. The van der Waals surface area contributed by atoms with Crippen LogP contribution >= 0.6 is 15.9 Å². The van der Waals surface area contributed by atoms with Gasteiger partial charge in [0.25, 0.3) is 5.56 Å². The van der Waals surface area contributed by atoms with Crippen LogP contribution in [-0.4, -0.2) is 36.1 Å². The number of rotatable bonds is 7. The zero-order chi connectivity index (χ0) is 17.5. The van der Waals surface area contributed by atoms with Crippen molar-refractivity contribution in [2.45, 2.75) is 13.3 Å². The Morgan fingerprint density at radius 1 is 1.46 bits per heavy atom. The number of anilines is 2. The maximum atomic E-state index is 12.0. The molecule has 0 saturated carbocycles. The predicted octanol–water partition coefficient (Wildman–Crippen LogP) is 2.21. The van der Waals surface area contributed by atoms with Gasteiger partial charge in [-0.3, -0.25) is 9.59 Å². The van der Waals surface area contributed by atoms with Crippen LogP contribution in [0.4, 0.5) is 11.5 Å². The Balaban J connectivity index is 2.05. The lowest BCUT2D eigenvalue weighted by molar-refractivity contribution is -0.120. The second-order valence-electron chi connectivity index (χ2n) is 4.98. The van der Waals surface area contributed by atoms with Gasteiger partial charge in [0.05, 0.1) is 6.54 Å². The number of pyridine rings is 2. The van der Waals surface area contributed by atoms with Crippen LogP contribution in [0.1, 0.15) is 13.3 Å². The third-order valence-corrected chi connectivity index (χ3v) is 3.72. The number of carbonyl (C=O) groups excluding carboxylic acids is 1. The van der Waals surface area contributed by atoms with E-state index in [1.807, 2.05) is 0 Å². The molecule has 8 heteroatoms. The van der Waals surface area contributed by atoms with E-state index in [0.29, 0.717) is 37.0 Å². The van der Waals surface area contributed by atoms with Crippen LogP contribution in [0.2, 0.25) is 0 Å². The van der Waals surface area contributed by atoms with Gasteiger partial charge < -0.3 is 19.9 Å². The number of nitrogens with one attached hydrogen (secondary N) is 2. The SMILES string of the molecule is CCC(=O)NCCOc1cccc(N(C)c2cc(Br)c[nH]c2=O)n1. The van der Waals surface area contributed by atoms with Gasteiger partial charge in [0.2, 0.25) is 11.8 Å². The van der Waals surface area contributed by atoms with Crippen LogP contribution < -0.4 is 20.5 Å². The highest BCUT2D eigenvalue weighted by Crippen LogP contribution is 2.22. The Hall–Kier alpha value is -2.35. The Morgan fingerprint density at radius 3 is 3.00 bits per heavy atom. The normalized spacial score (nSPS) is 10.3. The van der Waals surface area contributed by atoms with Crippen molar-refractivity contribution in [3.05, 3.63) is 45.3 Å². The van der Waals surface area contributed by atoms with Crippen molar-refractivity contribution in [2.24, 2.45) is 0 Å². The first-order valence-corrected chi connectivity index (χ1v) is 8.29. The standard InChI is InChI=1S/C16H19BrN4O3/c1-3-14(22)18-7-8-24-15-6-4-5-13(20-15)21(2)12-9-11(17)10-19-16(12)23/h4-6,9-10H,3,7-8H2,1-2H3,(H,18,22)(H,19,23). The molecule has 0 aliphatic heterocycles. The number of halogens is 1. The molecule has 2 N–H and O–H groups in total. The molecule has 0 fully saturated rings. The molecule has 0 radical (unpaired) electrons. The summed E-state index contributed by atoms with van der Waals surface area (Å²) in [6.45, 7) is 2.53. The van der Waals surface area contributed by atoms with Gasteiger partial charge in [0.1, 0.15) is 18.1 Å². The highest BCUT2D eigenvalue weighted by molar-refractivity contribution is 9.10. The van der Waals surface area contributed by atoms with E-state index in [4.69, 9.17) is 4.74 Å². The Labute approximate surface area is 148 Å². The van der Waals surface area contributed by atoms with E-state index < -0.39 is 0 Å². The molecule has 1 amide bonds. The van der Waals surface area contributed by atoms with Gasteiger partial charge in [-0.1, -0.05) is 13.0 Å². The van der Waals surface area contributed by atoms with Crippen molar-refractivity contribution < 1.29 is 9.53 Å². The van der Waals surface area contributed by atoms with Crippen molar-refractivity contribution in [3.63, 3.8) is 0 Å². The molecule has 2 rings (SSSR count). The van der Waals surface area contributed by atoms with E-state index in [-0.39, 0.29) is 11.5 Å². The minimum atomic E-state index is -0.212. The number of aromatic nitrogens is 2. The average molecular weight is 395 g/mol. The Morgan fingerprint density at radius 2 is 2.25 bits per heavy atom. The summed E-state index contributed by atoms with van der Waals surface area (Å²) >= 11 is 3.33. The molecule has 0 aliphatic rings. The Bertz CT molecular complexity index is 763. The number of carbonyl (C=O) groups is 1. The van der Waals surface area contributed by atoms with E-state index in [1.54, 1.807) is 49.3 Å². The summed E-state index contributed by atoms with van der Waals surface area (Å²) in [5.74, 6) is 0.985. The second kappa shape index (κ2) is 8.49. The summed E-state index contributed by atoms with van der Waals surface area (Å²) < 4.78 is 6.30. The molecule has 128 valence electrons. The summed E-state index contributed by atoms with van der Waals surface area (Å²) in [4.78, 5) is 31.8.